The zero-order valence-corrected chi connectivity index (χ0v) is 47.6. The molecule has 78 heavy (non-hydrogen) atoms. The Labute approximate surface area is 461 Å². The van der Waals surface area contributed by atoms with Gasteiger partial charge in [0.05, 0.1) is 11.9 Å². The standard InChI is InChI=1S/C55H88FN7O14S/c1-29(2)22-40(58-45(70)16-21-78-28-44(69)55(77)32(7)25-36-35-11-10-33-26-34(67)12-17-52(33,8)54(35,56)43(68)27-53(36,55)9)49(74)60-38(14-19-65)47(72)63-42(24-31(5)6)51(76)61-39(15-20-66)48(73)62-41(23-30(3)4)50(75)59-37(13-18-64)46(57)71/h12,17,26,29-32,35-43,64-66,68,77H,10-11,13-16,18-25,27-28H2,1-9H3,(H2,57,71)(H,58,70)(H,59,75)(H,60,74)(H,61,76)(H,62,73)(H,63,72)/t32-,35+,36+,37+,38+,39+,40+,41+,42+,43+,52+,53+,54+,55+/m1/s1. The quantitative estimate of drug-likeness (QED) is 0.0441. The van der Waals surface area contributed by atoms with Gasteiger partial charge in [0, 0.05) is 48.7 Å². The molecule has 14 atom stereocenters. The Kier molecular flexibility index (Phi) is 23.6. The van der Waals surface area contributed by atoms with Crippen LogP contribution in [0.1, 0.15) is 133 Å². The van der Waals surface area contributed by atoms with E-state index in [0.29, 0.717) is 24.8 Å². The fourth-order valence-electron chi connectivity index (χ4n) is 12.5. The van der Waals surface area contributed by atoms with E-state index in [1.165, 1.54) is 12.2 Å². The number of nitrogens with two attached hydrogens (primary N) is 1. The van der Waals surface area contributed by atoms with E-state index in [0.717, 1.165) is 11.8 Å². The van der Waals surface area contributed by atoms with Gasteiger partial charge >= 0.3 is 0 Å². The number of thioether (sulfide) groups is 1. The Bertz CT molecular complexity index is 2270. The van der Waals surface area contributed by atoms with Crippen molar-refractivity contribution in [1.82, 2.24) is 31.9 Å². The maximum atomic E-state index is 17.6. The molecular formula is C55H88FN7O14S. The van der Waals surface area contributed by atoms with Gasteiger partial charge in [-0.3, -0.25) is 43.2 Å². The minimum Gasteiger partial charge on any atom is -0.396 e. The fraction of sp³-hybridized carbons (Fsp3) is 0.764. The average molecular weight is 1120 g/mol. The summed E-state index contributed by atoms with van der Waals surface area (Å²) in [4.78, 5) is 120. The largest absolute Gasteiger partial charge is 0.396 e. The molecule has 0 aliphatic heterocycles. The van der Waals surface area contributed by atoms with Crippen LogP contribution in [0.3, 0.4) is 0 Å². The van der Waals surface area contributed by atoms with E-state index in [9.17, 15) is 68.7 Å². The van der Waals surface area contributed by atoms with Crippen molar-refractivity contribution >= 4 is 64.7 Å². The smallest absolute Gasteiger partial charge is 0.243 e. The molecule has 0 heterocycles. The predicted molar refractivity (Wildman–Crippen MR) is 289 cm³/mol. The number of aliphatic hydroxyl groups excluding tert-OH is 4. The van der Waals surface area contributed by atoms with Gasteiger partial charge in [-0.25, -0.2) is 4.39 Å². The topological polar surface area (TPSA) is 353 Å². The molecule has 4 aliphatic rings. The number of aliphatic hydroxyl groups is 5. The molecule has 0 spiro atoms. The number of amides is 7. The Hall–Kier alpha value is -4.81. The molecule has 3 saturated carbocycles. The zero-order valence-electron chi connectivity index (χ0n) is 46.8. The van der Waals surface area contributed by atoms with E-state index >= 15 is 4.39 Å². The van der Waals surface area contributed by atoms with Crippen LogP contribution in [0.4, 0.5) is 4.39 Å². The number of allylic oxidation sites excluding steroid dienone is 4. The van der Waals surface area contributed by atoms with Gasteiger partial charge in [0.1, 0.15) is 41.9 Å². The Morgan fingerprint density at radius 2 is 1.14 bits per heavy atom. The van der Waals surface area contributed by atoms with Gasteiger partial charge in [0.15, 0.2) is 17.2 Å². The Morgan fingerprint density at radius 1 is 0.705 bits per heavy atom. The van der Waals surface area contributed by atoms with E-state index < -0.39 is 149 Å². The number of carbonyl (C=O) groups is 9. The van der Waals surface area contributed by atoms with Crippen LogP contribution in [0.2, 0.25) is 0 Å². The summed E-state index contributed by atoms with van der Waals surface area (Å²) in [5.41, 5.74) is -0.411. The van der Waals surface area contributed by atoms with Gasteiger partial charge in [-0.05, 0) is 113 Å². The first-order valence-corrected chi connectivity index (χ1v) is 28.7. The summed E-state index contributed by atoms with van der Waals surface area (Å²) in [7, 11) is 0. The molecule has 23 heteroatoms. The second kappa shape index (κ2) is 28.1. The van der Waals surface area contributed by atoms with Crippen LogP contribution in [0.15, 0.2) is 23.8 Å². The number of fused-ring (bicyclic) bond motifs is 5. The third kappa shape index (κ3) is 14.9. The van der Waals surface area contributed by atoms with E-state index in [1.54, 1.807) is 54.5 Å². The summed E-state index contributed by atoms with van der Waals surface area (Å²) in [5.74, 6) is -8.48. The molecule has 0 unspecified atom stereocenters. The second-order valence-electron chi connectivity index (χ2n) is 23.6. The average Bonchev–Trinajstić information content (AvgIpc) is 3.71. The molecular weight excluding hydrogens is 1030 g/mol. The molecule has 0 aromatic heterocycles. The van der Waals surface area contributed by atoms with Crippen LogP contribution in [-0.2, 0) is 43.2 Å². The highest BCUT2D eigenvalue weighted by atomic mass is 32.2. The molecule has 0 bridgehead atoms. The molecule has 0 aromatic carbocycles. The number of hydrogen-bond donors (Lipinski definition) is 12. The number of nitrogens with one attached hydrogen (secondary N) is 6. The van der Waals surface area contributed by atoms with Crippen molar-refractivity contribution in [1.29, 1.82) is 0 Å². The molecule has 440 valence electrons. The van der Waals surface area contributed by atoms with Crippen molar-refractivity contribution in [3.8, 4) is 0 Å². The SMILES string of the molecule is CC(C)C[C@H](NC(=O)CCSCC(=O)[C@@]1(O)[C@H](C)C[C@H]2[C@@H]3CCC4=CC(=O)C=C[C@]4(C)[C@@]3(F)[C@@H](O)C[C@@]21C)C(=O)N[C@@H](CCO)C(=O)N[C@@H](CC(C)C)C(=O)N[C@@H](CCO)C(=O)N[C@@H](CC(C)C)C(=O)N[C@@H](CCO)C(N)=O. The monoisotopic (exact) mass is 1120 g/mol. The van der Waals surface area contributed by atoms with Crippen LogP contribution >= 0.6 is 11.8 Å². The number of primary amides is 1. The normalized spacial score (nSPS) is 28.6. The van der Waals surface area contributed by atoms with Gasteiger partial charge in [-0.1, -0.05) is 67.0 Å². The van der Waals surface area contributed by atoms with Gasteiger partial charge in [0.25, 0.3) is 0 Å². The molecule has 3 fully saturated rings. The third-order valence-corrected chi connectivity index (χ3v) is 17.5. The number of ketones is 2. The molecule has 4 rings (SSSR count). The second-order valence-corrected chi connectivity index (χ2v) is 24.8. The Balaban J connectivity index is 1.38. The summed E-state index contributed by atoms with van der Waals surface area (Å²) < 4.78 is 17.6. The highest BCUT2D eigenvalue weighted by molar-refractivity contribution is 7.99. The molecule has 21 nitrogen and oxygen atoms in total. The van der Waals surface area contributed by atoms with Gasteiger partial charge in [-0.15, -0.1) is 0 Å². The van der Waals surface area contributed by atoms with Crippen molar-refractivity contribution in [2.24, 2.45) is 52.1 Å². The van der Waals surface area contributed by atoms with Crippen molar-refractivity contribution in [3.05, 3.63) is 23.8 Å². The minimum absolute atomic E-state index is 0.0425. The zero-order chi connectivity index (χ0) is 58.7. The van der Waals surface area contributed by atoms with Crippen LogP contribution < -0.4 is 37.6 Å². The third-order valence-electron chi connectivity index (χ3n) is 16.6. The fourth-order valence-corrected chi connectivity index (χ4v) is 13.4. The lowest BCUT2D eigenvalue weighted by molar-refractivity contribution is -0.218. The first kappa shape index (κ1) is 65.7. The van der Waals surface area contributed by atoms with Crippen molar-refractivity contribution in [2.45, 2.75) is 187 Å². The van der Waals surface area contributed by atoms with Crippen molar-refractivity contribution in [2.75, 3.05) is 31.3 Å². The van der Waals surface area contributed by atoms with E-state index in [-0.39, 0.29) is 86.4 Å². The summed E-state index contributed by atoms with van der Waals surface area (Å²) in [6.07, 6.45) is 3.18. The van der Waals surface area contributed by atoms with Gasteiger partial charge in [-0.2, -0.15) is 11.8 Å². The molecule has 13 N–H and O–H groups in total. The van der Waals surface area contributed by atoms with Crippen LogP contribution in [0.5, 0.6) is 0 Å². The van der Waals surface area contributed by atoms with Crippen LogP contribution in [0, 0.1) is 46.3 Å². The highest BCUT2D eigenvalue weighted by Crippen LogP contribution is 2.70. The first-order chi connectivity index (χ1) is 36.4. The number of rotatable bonds is 30. The van der Waals surface area contributed by atoms with E-state index in [2.05, 4.69) is 31.9 Å². The highest BCUT2D eigenvalue weighted by Gasteiger charge is 2.75. The van der Waals surface area contributed by atoms with Gasteiger partial charge in [0.2, 0.25) is 41.4 Å². The first-order valence-electron chi connectivity index (χ1n) is 27.5. The maximum Gasteiger partial charge on any atom is 0.243 e. The van der Waals surface area contributed by atoms with Crippen molar-refractivity contribution < 1.29 is 73.1 Å². The lowest BCUT2D eigenvalue weighted by atomic mass is 9.44. The number of carbonyl (C=O) groups excluding carboxylic acids is 9. The minimum atomic E-state index is -2.12. The molecule has 0 radical (unpaired) electrons. The number of alkyl halides is 1. The summed E-state index contributed by atoms with van der Waals surface area (Å²) >= 11 is 1.11. The van der Waals surface area contributed by atoms with Gasteiger partial charge < -0.3 is 63.2 Å². The molecule has 4 aliphatic carbocycles. The number of hydrogen-bond acceptors (Lipinski definition) is 15. The van der Waals surface area contributed by atoms with Crippen LogP contribution in [0.25, 0.3) is 0 Å². The van der Waals surface area contributed by atoms with E-state index in [4.69, 9.17) is 5.73 Å². The number of halogens is 1. The summed E-state index contributed by atoms with van der Waals surface area (Å²) in [6, 6.07) is -7.69. The maximum absolute atomic E-state index is 17.6. The lowest BCUT2D eigenvalue weighted by Crippen LogP contribution is -2.69. The lowest BCUT2D eigenvalue weighted by Gasteiger charge is -2.62. The molecule has 0 aromatic rings. The number of Topliss-reactive ketones (excluding diaryl/α,β-unsaturated/α-hetero) is 1. The predicted octanol–water partition coefficient (Wildman–Crippen LogP) is 0.706. The Morgan fingerprint density at radius 3 is 1.60 bits per heavy atom. The van der Waals surface area contributed by atoms with Crippen LogP contribution in [-0.4, -0.2) is 163 Å². The van der Waals surface area contributed by atoms with E-state index in [1.807, 2.05) is 13.8 Å². The molecule has 0 saturated heterocycles. The van der Waals surface area contributed by atoms with Crippen molar-refractivity contribution in [3.63, 3.8) is 0 Å². The molecule has 7 amide bonds. The summed E-state index contributed by atoms with van der Waals surface area (Å²) in [6.45, 7) is 14.4. The summed E-state index contributed by atoms with van der Waals surface area (Å²) in [5, 5.41) is 68.8.